The maximum Gasteiger partial charge on any atom is 0.244 e. The van der Waals surface area contributed by atoms with E-state index in [2.05, 4.69) is 15.9 Å². The van der Waals surface area contributed by atoms with Gasteiger partial charge in [0.15, 0.2) is 0 Å². The Morgan fingerprint density at radius 1 is 1.35 bits per heavy atom. The Hall–Kier alpha value is -0.170. The molecule has 1 aliphatic carbocycles. The second-order valence-corrected chi connectivity index (χ2v) is 8.51. The van der Waals surface area contributed by atoms with Crippen LogP contribution in [0.25, 0.3) is 0 Å². The normalized spacial score (nSPS) is 24.1. The molecule has 2 atom stereocenters. The van der Waals surface area contributed by atoms with E-state index in [1.807, 2.05) is 0 Å². The van der Waals surface area contributed by atoms with E-state index in [0.29, 0.717) is 0 Å². The van der Waals surface area contributed by atoms with Gasteiger partial charge in [0.25, 0.3) is 0 Å². The smallest absolute Gasteiger partial charge is 0.207 e. The highest BCUT2D eigenvalue weighted by Gasteiger charge is 2.35. The van der Waals surface area contributed by atoms with Crippen LogP contribution in [0.2, 0.25) is 5.02 Å². The Balaban J connectivity index is 2.36. The first kappa shape index (κ1) is 16.2. The molecule has 112 valence electrons. The molecule has 0 N–H and O–H groups in total. The van der Waals surface area contributed by atoms with Crippen molar-refractivity contribution in [1.82, 2.24) is 4.31 Å². The molecule has 1 aliphatic rings. The summed E-state index contributed by atoms with van der Waals surface area (Å²) in [5.41, 5.74) is 0. The van der Waals surface area contributed by atoms with Gasteiger partial charge in [-0.25, -0.2) is 12.8 Å². The Bertz CT molecular complexity index is 596. The molecule has 0 radical (unpaired) electrons. The quantitative estimate of drug-likeness (QED) is 0.743. The minimum Gasteiger partial charge on any atom is -0.207 e. The highest BCUT2D eigenvalue weighted by Crippen LogP contribution is 2.33. The molecule has 0 aromatic heterocycles. The van der Waals surface area contributed by atoms with E-state index in [1.54, 1.807) is 0 Å². The molecule has 2 unspecified atom stereocenters. The summed E-state index contributed by atoms with van der Waals surface area (Å²) in [4.78, 5) is -0.0599. The Morgan fingerprint density at radius 2 is 2.00 bits per heavy atom. The molecule has 1 saturated carbocycles. The highest BCUT2D eigenvalue weighted by atomic mass is 79.9. The molecule has 7 heteroatoms. The Morgan fingerprint density at radius 3 is 2.65 bits per heavy atom. The lowest BCUT2D eigenvalue weighted by molar-refractivity contribution is 0.297. The van der Waals surface area contributed by atoms with E-state index < -0.39 is 15.8 Å². The maximum atomic E-state index is 13.3. The summed E-state index contributed by atoms with van der Waals surface area (Å²) < 4.78 is 39.8. The minimum atomic E-state index is -3.79. The third-order valence-electron chi connectivity index (χ3n) is 3.66. The number of halogens is 3. The monoisotopic (exact) mass is 383 g/mol. The summed E-state index contributed by atoms with van der Waals surface area (Å²) in [6.07, 6.45) is 3.80. The topological polar surface area (TPSA) is 37.4 Å². The molecule has 20 heavy (non-hydrogen) atoms. The van der Waals surface area contributed by atoms with Gasteiger partial charge >= 0.3 is 0 Å². The largest absolute Gasteiger partial charge is 0.244 e. The van der Waals surface area contributed by atoms with Crippen LogP contribution in [0, 0.1) is 5.82 Å². The summed E-state index contributed by atoms with van der Waals surface area (Å²) in [7, 11) is -2.26. The Labute approximate surface area is 132 Å². The lowest BCUT2D eigenvalue weighted by atomic mass is 9.96. The molecule has 3 nitrogen and oxygen atoms in total. The van der Waals surface area contributed by atoms with E-state index in [4.69, 9.17) is 11.6 Å². The second-order valence-electron chi connectivity index (χ2n) is 4.96. The first-order valence-corrected chi connectivity index (χ1v) is 9.14. The number of nitrogens with zero attached hydrogens (tertiary/aromatic N) is 1. The fourth-order valence-corrected chi connectivity index (χ4v) is 5.49. The van der Waals surface area contributed by atoms with Gasteiger partial charge in [-0.1, -0.05) is 40.4 Å². The van der Waals surface area contributed by atoms with Gasteiger partial charge in [0.05, 0.1) is 5.02 Å². The number of hydrogen-bond acceptors (Lipinski definition) is 2. The van der Waals surface area contributed by atoms with Crippen LogP contribution >= 0.6 is 27.5 Å². The van der Waals surface area contributed by atoms with Crippen LogP contribution in [-0.2, 0) is 10.0 Å². The molecule has 0 bridgehead atoms. The third-order valence-corrected chi connectivity index (χ3v) is 7.10. The molecule has 0 amide bonds. The van der Waals surface area contributed by atoms with Gasteiger partial charge in [0.1, 0.15) is 10.7 Å². The van der Waals surface area contributed by atoms with Crippen LogP contribution in [-0.4, -0.2) is 30.6 Å². The first-order chi connectivity index (χ1) is 9.34. The van der Waals surface area contributed by atoms with Gasteiger partial charge in [0.2, 0.25) is 10.0 Å². The predicted octanol–water partition coefficient (Wildman–Crippen LogP) is 3.81. The third kappa shape index (κ3) is 3.18. The number of rotatable bonds is 3. The van der Waals surface area contributed by atoms with Crippen LogP contribution in [0.4, 0.5) is 4.39 Å². The van der Waals surface area contributed by atoms with Gasteiger partial charge in [-0.05, 0) is 31.0 Å². The number of hydrogen-bond donors (Lipinski definition) is 0. The summed E-state index contributed by atoms with van der Waals surface area (Å²) in [5.74, 6) is -0.611. The summed E-state index contributed by atoms with van der Waals surface area (Å²) >= 11 is 9.46. The van der Waals surface area contributed by atoms with Crippen molar-refractivity contribution in [2.75, 3.05) is 7.05 Å². The average Bonchev–Trinajstić information content (AvgIpc) is 2.41. The molecule has 1 fully saturated rings. The van der Waals surface area contributed by atoms with Gasteiger partial charge in [-0.2, -0.15) is 4.31 Å². The number of alkyl halides is 1. The van der Waals surface area contributed by atoms with E-state index in [-0.39, 0.29) is 20.8 Å². The number of sulfonamides is 1. The lowest BCUT2D eigenvalue weighted by Gasteiger charge is -2.34. The van der Waals surface area contributed by atoms with Gasteiger partial charge in [0, 0.05) is 17.9 Å². The molecule has 0 heterocycles. The minimum absolute atomic E-state index is 0.0418. The van der Waals surface area contributed by atoms with Gasteiger partial charge in [-0.15, -0.1) is 0 Å². The van der Waals surface area contributed by atoms with Crippen LogP contribution in [0.15, 0.2) is 23.1 Å². The van der Waals surface area contributed by atoms with Crippen molar-refractivity contribution in [1.29, 1.82) is 0 Å². The molecular weight excluding hydrogens is 369 g/mol. The van der Waals surface area contributed by atoms with Crippen molar-refractivity contribution in [3.8, 4) is 0 Å². The van der Waals surface area contributed by atoms with Crippen molar-refractivity contribution in [2.45, 2.75) is 41.4 Å². The van der Waals surface area contributed by atoms with Crippen molar-refractivity contribution >= 4 is 37.6 Å². The van der Waals surface area contributed by atoms with Crippen molar-refractivity contribution in [3.05, 3.63) is 29.0 Å². The molecular formula is C13H16BrClFNO2S. The Kier molecular flexibility index (Phi) is 5.10. The molecule has 2 rings (SSSR count). The first-order valence-electron chi connectivity index (χ1n) is 6.41. The fraction of sp³-hybridized carbons (Fsp3) is 0.538. The van der Waals surface area contributed by atoms with Gasteiger partial charge < -0.3 is 0 Å². The molecule has 0 saturated heterocycles. The average molecular weight is 385 g/mol. The van der Waals surface area contributed by atoms with Crippen molar-refractivity contribution in [3.63, 3.8) is 0 Å². The molecule has 0 spiro atoms. The highest BCUT2D eigenvalue weighted by molar-refractivity contribution is 9.09. The summed E-state index contributed by atoms with van der Waals surface area (Å²) in [6.45, 7) is 0. The van der Waals surface area contributed by atoms with Crippen LogP contribution in [0.1, 0.15) is 25.7 Å². The van der Waals surface area contributed by atoms with Gasteiger partial charge in [-0.3, -0.25) is 0 Å². The molecule has 1 aromatic carbocycles. The van der Waals surface area contributed by atoms with E-state index in [1.165, 1.54) is 17.4 Å². The van der Waals surface area contributed by atoms with E-state index in [0.717, 1.165) is 37.8 Å². The summed E-state index contributed by atoms with van der Waals surface area (Å²) in [6, 6.07) is 3.26. The zero-order chi connectivity index (χ0) is 14.9. The zero-order valence-electron chi connectivity index (χ0n) is 11.0. The standard InChI is InChI=1S/C13H16BrClFNO2S/c1-17(12-5-3-2-4-10(12)14)20(18,19)13-8-9(16)6-7-11(13)15/h6-8,10,12H,2-5H2,1H3. The SMILES string of the molecule is CN(C1CCCCC1Br)S(=O)(=O)c1cc(F)ccc1Cl. The molecule has 1 aromatic rings. The fourth-order valence-electron chi connectivity index (χ4n) is 2.48. The second kappa shape index (κ2) is 6.30. The van der Waals surface area contributed by atoms with Crippen molar-refractivity contribution in [2.24, 2.45) is 0 Å². The molecule has 0 aliphatic heterocycles. The van der Waals surface area contributed by atoms with E-state index >= 15 is 0 Å². The van der Waals surface area contributed by atoms with Crippen LogP contribution < -0.4 is 0 Å². The van der Waals surface area contributed by atoms with Crippen molar-refractivity contribution < 1.29 is 12.8 Å². The van der Waals surface area contributed by atoms with Crippen LogP contribution in [0.5, 0.6) is 0 Å². The van der Waals surface area contributed by atoms with Crippen LogP contribution in [0.3, 0.4) is 0 Å². The zero-order valence-corrected chi connectivity index (χ0v) is 14.2. The predicted molar refractivity (Wildman–Crippen MR) is 81.3 cm³/mol. The maximum absolute atomic E-state index is 13.3. The van der Waals surface area contributed by atoms with E-state index in [9.17, 15) is 12.8 Å². The lowest BCUT2D eigenvalue weighted by Crippen LogP contribution is -2.44. The number of benzene rings is 1. The summed E-state index contributed by atoms with van der Waals surface area (Å²) in [5, 5.41) is 0.0418.